The van der Waals surface area contributed by atoms with Crippen molar-refractivity contribution >= 4 is 0 Å². The minimum Gasteiger partial charge on any atom is -0.329 e. The second kappa shape index (κ2) is 7.05. The molecule has 2 atom stereocenters. The topological polar surface area (TPSA) is 32.5 Å². The average Bonchev–Trinajstić information content (AvgIpc) is 2.63. The second-order valence-electron chi connectivity index (χ2n) is 6.66. The Balaban J connectivity index is 2.04. The summed E-state index contributed by atoms with van der Waals surface area (Å²) in [7, 11) is 0. The predicted octanol–water partition coefficient (Wildman–Crippen LogP) is 2.45. The molecular formula is C16H33N3. The number of nitrogens with zero attached hydrogens (tertiary/aromatic N) is 2. The zero-order chi connectivity index (χ0) is 13.7. The van der Waals surface area contributed by atoms with E-state index in [-0.39, 0.29) is 0 Å². The van der Waals surface area contributed by atoms with Gasteiger partial charge in [0.2, 0.25) is 0 Å². The van der Waals surface area contributed by atoms with Crippen molar-refractivity contribution in [3.05, 3.63) is 0 Å². The lowest BCUT2D eigenvalue weighted by molar-refractivity contribution is 0.0189. The van der Waals surface area contributed by atoms with Gasteiger partial charge in [-0.15, -0.1) is 0 Å². The third-order valence-electron chi connectivity index (χ3n) is 5.34. The van der Waals surface area contributed by atoms with Crippen LogP contribution < -0.4 is 5.73 Å². The molecule has 2 aliphatic rings. The van der Waals surface area contributed by atoms with Gasteiger partial charge in [-0.05, 0) is 71.6 Å². The van der Waals surface area contributed by atoms with E-state index in [9.17, 15) is 0 Å². The second-order valence-corrected chi connectivity index (χ2v) is 6.66. The molecular weight excluding hydrogens is 234 g/mol. The van der Waals surface area contributed by atoms with Gasteiger partial charge in [-0.3, -0.25) is 4.90 Å². The van der Waals surface area contributed by atoms with E-state index in [1.54, 1.807) is 0 Å². The molecule has 0 amide bonds. The fourth-order valence-corrected chi connectivity index (χ4v) is 4.19. The Hall–Kier alpha value is -0.120. The highest BCUT2D eigenvalue weighted by molar-refractivity contribution is 4.97. The lowest BCUT2D eigenvalue weighted by atomic mass is 9.84. The largest absolute Gasteiger partial charge is 0.329 e. The van der Waals surface area contributed by atoms with Gasteiger partial charge in [0.25, 0.3) is 0 Å². The molecule has 0 aromatic rings. The molecule has 0 saturated carbocycles. The van der Waals surface area contributed by atoms with Gasteiger partial charge in [-0.2, -0.15) is 0 Å². The number of hydrogen-bond donors (Lipinski definition) is 1. The molecule has 0 aromatic heterocycles. The summed E-state index contributed by atoms with van der Waals surface area (Å²) in [4.78, 5) is 5.41. The van der Waals surface area contributed by atoms with Crippen LogP contribution in [0.1, 0.15) is 58.8 Å². The molecule has 2 unspecified atom stereocenters. The van der Waals surface area contributed by atoms with E-state index in [0.29, 0.717) is 5.54 Å². The molecule has 2 fully saturated rings. The Morgan fingerprint density at radius 1 is 1.11 bits per heavy atom. The van der Waals surface area contributed by atoms with Crippen LogP contribution in [0.4, 0.5) is 0 Å². The maximum Gasteiger partial charge on any atom is 0.0347 e. The van der Waals surface area contributed by atoms with Crippen LogP contribution in [0.2, 0.25) is 0 Å². The quantitative estimate of drug-likeness (QED) is 0.849. The first-order chi connectivity index (χ1) is 9.22. The van der Waals surface area contributed by atoms with Crippen molar-refractivity contribution in [2.45, 2.75) is 70.4 Å². The standard InChI is InChI=1S/C16H33N3/c1-3-10-18-11-6-8-16(14-17,9-13-18)19-12-5-4-7-15(19)2/h15H,3-14,17H2,1-2H3. The van der Waals surface area contributed by atoms with Crippen LogP contribution in [-0.4, -0.2) is 54.1 Å². The first-order valence-electron chi connectivity index (χ1n) is 8.41. The summed E-state index contributed by atoms with van der Waals surface area (Å²) in [6.45, 7) is 10.6. The summed E-state index contributed by atoms with van der Waals surface area (Å²) in [5.41, 5.74) is 6.55. The first kappa shape index (κ1) is 15.3. The molecule has 0 radical (unpaired) electrons. The highest BCUT2D eigenvalue weighted by atomic mass is 15.3. The summed E-state index contributed by atoms with van der Waals surface area (Å²) in [6, 6.07) is 0.732. The molecule has 112 valence electrons. The number of piperidine rings is 1. The average molecular weight is 267 g/mol. The van der Waals surface area contributed by atoms with Gasteiger partial charge in [-0.25, -0.2) is 0 Å². The summed E-state index contributed by atoms with van der Waals surface area (Å²) in [5.74, 6) is 0. The monoisotopic (exact) mass is 267 g/mol. The Bertz CT molecular complexity index is 269. The maximum atomic E-state index is 6.26. The van der Waals surface area contributed by atoms with Gasteiger partial charge in [0.15, 0.2) is 0 Å². The minimum atomic E-state index is 0.294. The molecule has 2 heterocycles. The normalized spacial score (nSPS) is 35.2. The number of rotatable bonds is 4. The maximum absolute atomic E-state index is 6.26. The van der Waals surface area contributed by atoms with Crippen molar-refractivity contribution in [1.29, 1.82) is 0 Å². The lowest BCUT2D eigenvalue weighted by Gasteiger charge is -2.48. The zero-order valence-electron chi connectivity index (χ0n) is 13.0. The van der Waals surface area contributed by atoms with Crippen LogP contribution in [0.5, 0.6) is 0 Å². The van der Waals surface area contributed by atoms with Gasteiger partial charge in [0.1, 0.15) is 0 Å². The molecule has 19 heavy (non-hydrogen) atoms. The van der Waals surface area contributed by atoms with E-state index in [1.807, 2.05) is 0 Å². The van der Waals surface area contributed by atoms with Gasteiger partial charge in [-0.1, -0.05) is 13.3 Å². The summed E-state index contributed by atoms with van der Waals surface area (Å²) in [5, 5.41) is 0. The highest BCUT2D eigenvalue weighted by Crippen LogP contribution is 2.33. The van der Waals surface area contributed by atoms with Crippen LogP contribution in [0, 0.1) is 0 Å². The summed E-state index contributed by atoms with van der Waals surface area (Å²) >= 11 is 0. The van der Waals surface area contributed by atoms with Crippen molar-refractivity contribution in [3.63, 3.8) is 0 Å². The van der Waals surface area contributed by atoms with Crippen LogP contribution in [-0.2, 0) is 0 Å². The fraction of sp³-hybridized carbons (Fsp3) is 1.00. The minimum absolute atomic E-state index is 0.294. The van der Waals surface area contributed by atoms with E-state index >= 15 is 0 Å². The molecule has 0 aliphatic carbocycles. The first-order valence-corrected chi connectivity index (χ1v) is 8.41. The Morgan fingerprint density at radius 3 is 2.63 bits per heavy atom. The Morgan fingerprint density at radius 2 is 1.95 bits per heavy atom. The SMILES string of the molecule is CCCN1CCCC(CN)(N2CCCCC2C)CC1. The van der Waals surface area contributed by atoms with Gasteiger partial charge in [0.05, 0.1) is 0 Å². The predicted molar refractivity (Wildman–Crippen MR) is 82.4 cm³/mol. The zero-order valence-corrected chi connectivity index (χ0v) is 13.0. The van der Waals surface area contributed by atoms with Crippen molar-refractivity contribution in [1.82, 2.24) is 9.80 Å². The van der Waals surface area contributed by atoms with Crippen LogP contribution in [0.25, 0.3) is 0 Å². The molecule has 3 nitrogen and oxygen atoms in total. The van der Waals surface area contributed by atoms with Gasteiger partial charge >= 0.3 is 0 Å². The van der Waals surface area contributed by atoms with E-state index in [0.717, 1.165) is 12.6 Å². The molecule has 0 bridgehead atoms. The molecule has 2 rings (SSSR count). The van der Waals surface area contributed by atoms with E-state index in [2.05, 4.69) is 23.6 Å². The van der Waals surface area contributed by atoms with E-state index in [1.165, 1.54) is 71.1 Å². The molecule has 0 spiro atoms. The molecule has 3 heteroatoms. The van der Waals surface area contributed by atoms with Gasteiger partial charge in [0, 0.05) is 18.1 Å². The van der Waals surface area contributed by atoms with Gasteiger partial charge < -0.3 is 10.6 Å². The number of likely N-dealkylation sites (tertiary alicyclic amines) is 2. The van der Waals surface area contributed by atoms with Crippen molar-refractivity contribution in [2.24, 2.45) is 5.73 Å². The van der Waals surface area contributed by atoms with Crippen LogP contribution in [0.15, 0.2) is 0 Å². The van der Waals surface area contributed by atoms with E-state index < -0.39 is 0 Å². The number of hydrogen-bond acceptors (Lipinski definition) is 3. The fourth-order valence-electron chi connectivity index (χ4n) is 4.19. The lowest BCUT2D eigenvalue weighted by Crippen LogP contribution is -2.59. The molecule has 2 N–H and O–H groups in total. The third-order valence-corrected chi connectivity index (χ3v) is 5.34. The summed E-state index contributed by atoms with van der Waals surface area (Å²) < 4.78 is 0. The summed E-state index contributed by atoms with van der Waals surface area (Å²) in [6.07, 6.45) is 9.30. The molecule has 2 aliphatic heterocycles. The van der Waals surface area contributed by atoms with Crippen molar-refractivity contribution in [2.75, 3.05) is 32.7 Å². The van der Waals surface area contributed by atoms with Crippen LogP contribution >= 0.6 is 0 Å². The molecule has 0 aromatic carbocycles. The van der Waals surface area contributed by atoms with Crippen molar-refractivity contribution in [3.8, 4) is 0 Å². The Kier molecular flexibility index (Phi) is 5.67. The van der Waals surface area contributed by atoms with Crippen LogP contribution in [0.3, 0.4) is 0 Å². The molecule has 2 saturated heterocycles. The van der Waals surface area contributed by atoms with Crippen molar-refractivity contribution < 1.29 is 0 Å². The highest BCUT2D eigenvalue weighted by Gasteiger charge is 2.39. The Labute approximate surface area is 119 Å². The third kappa shape index (κ3) is 3.50. The number of nitrogens with two attached hydrogens (primary N) is 1. The smallest absolute Gasteiger partial charge is 0.0347 e. The van der Waals surface area contributed by atoms with E-state index in [4.69, 9.17) is 5.73 Å².